The molecule has 1 nitrogen and oxygen atoms in total. The molecule has 1 aliphatic rings. The van der Waals surface area contributed by atoms with Gasteiger partial charge in [0.2, 0.25) is 0 Å². The topological polar surface area (TPSA) is 12.0 Å². The number of rotatable bonds is 4. The zero-order valence-electron chi connectivity index (χ0n) is 9.91. The summed E-state index contributed by atoms with van der Waals surface area (Å²) < 4.78 is 0. The van der Waals surface area contributed by atoms with E-state index < -0.39 is 0 Å². The molecule has 0 spiro atoms. The largest absolute Gasteiger partial charge is 0.316 e. The van der Waals surface area contributed by atoms with Crippen LogP contribution in [0.15, 0.2) is 36.9 Å². The van der Waals surface area contributed by atoms with Gasteiger partial charge in [-0.25, -0.2) is 0 Å². The van der Waals surface area contributed by atoms with Gasteiger partial charge in [0, 0.05) is 0 Å². The Kier molecular flexibility index (Phi) is 4.17. The van der Waals surface area contributed by atoms with Crippen LogP contribution in [-0.2, 0) is 0 Å². The minimum atomic E-state index is 0.856. The van der Waals surface area contributed by atoms with Gasteiger partial charge in [-0.15, -0.1) is 0 Å². The molecule has 0 bridgehead atoms. The summed E-state index contributed by atoms with van der Waals surface area (Å²) >= 11 is 0. The van der Waals surface area contributed by atoms with Gasteiger partial charge in [0.05, 0.1) is 0 Å². The van der Waals surface area contributed by atoms with Crippen LogP contribution in [0.1, 0.15) is 31.2 Å². The van der Waals surface area contributed by atoms with E-state index in [1.165, 1.54) is 43.5 Å². The van der Waals surface area contributed by atoms with Gasteiger partial charge < -0.3 is 5.32 Å². The molecule has 0 amide bonds. The van der Waals surface area contributed by atoms with E-state index in [1.54, 1.807) is 0 Å². The molecule has 1 unspecified atom stereocenters. The minimum absolute atomic E-state index is 0.856. The summed E-state index contributed by atoms with van der Waals surface area (Å²) in [7, 11) is 0. The predicted octanol–water partition coefficient (Wildman–Crippen LogP) is 3.48. The molecule has 1 aromatic carbocycles. The molecule has 0 aromatic heterocycles. The summed E-state index contributed by atoms with van der Waals surface area (Å²) in [5.41, 5.74) is 2.58. The first-order valence-electron chi connectivity index (χ1n) is 6.30. The van der Waals surface area contributed by atoms with Crippen LogP contribution in [-0.4, -0.2) is 13.1 Å². The highest BCUT2D eigenvalue weighted by molar-refractivity contribution is 5.62. The SMILES string of the molecule is C=C(CCC1CCCNC1)c1ccccc1. The number of hydrogen-bond acceptors (Lipinski definition) is 1. The highest BCUT2D eigenvalue weighted by Gasteiger charge is 2.12. The minimum Gasteiger partial charge on any atom is -0.316 e. The Balaban J connectivity index is 1.79. The van der Waals surface area contributed by atoms with E-state index in [-0.39, 0.29) is 0 Å². The lowest BCUT2D eigenvalue weighted by atomic mass is 9.91. The molecule has 0 radical (unpaired) electrons. The number of allylic oxidation sites excluding steroid dienone is 1. The maximum absolute atomic E-state index is 4.19. The van der Waals surface area contributed by atoms with Crippen molar-refractivity contribution in [3.63, 3.8) is 0 Å². The second-order valence-corrected chi connectivity index (χ2v) is 4.72. The third kappa shape index (κ3) is 3.21. The number of hydrogen-bond donors (Lipinski definition) is 1. The van der Waals surface area contributed by atoms with Crippen molar-refractivity contribution >= 4 is 5.57 Å². The Morgan fingerprint density at radius 1 is 1.31 bits per heavy atom. The molecule has 16 heavy (non-hydrogen) atoms. The van der Waals surface area contributed by atoms with Crippen LogP contribution in [0.25, 0.3) is 5.57 Å². The van der Waals surface area contributed by atoms with Crippen molar-refractivity contribution in [2.45, 2.75) is 25.7 Å². The molecular formula is C15H21N. The van der Waals surface area contributed by atoms with Crippen LogP contribution >= 0.6 is 0 Å². The first-order chi connectivity index (χ1) is 7.86. The van der Waals surface area contributed by atoms with Gasteiger partial charge in [-0.3, -0.25) is 0 Å². The van der Waals surface area contributed by atoms with Gasteiger partial charge in [0.25, 0.3) is 0 Å². The highest BCUT2D eigenvalue weighted by Crippen LogP contribution is 2.23. The molecule has 86 valence electrons. The van der Waals surface area contributed by atoms with Crippen LogP contribution in [0.5, 0.6) is 0 Å². The zero-order valence-corrected chi connectivity index (χ0v) is 9.91. The van der Waals surface area contributed by atoms with Gasteiger partial charge in [0.1, 0.15) is 0 Å². The van der Waals surface area contributed by atoms with E-state index in [1.807, 2.05) is 0 Å². The number of piperidine rings is 1. The molecule has 1 N–H and O–H groups in total. The van der Waals surface area contributed by atoms with Gasteiger partial charge in [-0.05, 0) is 55.8 Å². The smallest absolute Gasteiger partial charge is 0.00204 e. The normalized spacial score (nSPS) is 20.6. The van der Waals surface area contributed by atoms with Crippen LogP contribution in [0, 0.1) is 5.92 Å². The number of nitrogens with one attached hydrogen (secondary N) is 1. The summed E-state index contributed by atoms with van der Waals surface area (Å²) in [6.07, 6.45) is 5.13. The van der Waals surface area contributed by atoms with Gasteiger partial charge >= 0.3 is 0 Å². The van der Waals surface area contributed by atoms with Crippen molar-refractivity contribution in [2.24, 2.45) is 5.92 Å². The fourth-order valence-corrected chi connectivity index (χ4v) is 2.37. The molecule has 1 aromatic rings. The first kappa shape index (κ1) is 11.4. The van der Waals surface area contributed by atoms with Crippen LogP contribution in [0.4, 0.5) is 0 Å². The maximum Gasteiger partial charge on any atom is -0.00204 e. The highest BCUT2D eigenvalue weighted by atomic mass is 14.9. The van der Waals surface area contributed by atoms with Crippen molar-refractivity contribution < 1.29 is 0 Å². The van der Waals surface area contributed by atoms with E-state index in [9.17, 15) is 0 Å². The molecule has 1 saturated heterocycles. The van der Waals surface area contributed by atoms with Crippen molar-refractivity contribution in [3.05, 3.63) is 42.5 Å². The van der Waals surface area contributed by atoms with Gasteiger partial charge in [-0.2, -0.15) is 0 Å². The van der Waals surface area contributed by atoms with E-state index >= 15 is 0 Å². The van der Waals surface area contributed by atoms with Crippen molar-refractivity contribution in [2.75, 3.05) is 13.1 Å². The van der Waals surface area contributed by atoms with Crippen molar-refractivity contribution in [3.8, 4) is 0 Å². The van der Waals surface area contributed by atoms with Crippen molar-refractivity contribution in [1.82, 2.24) is 5.32 Å². The summed E-state index contributed by atoms with van der Waals surface area (Å²) in [5, 5.41) is 3.47. The molecule has 1 fully saturated rings. The lowest BCUT2D eigenvalue weighted by molar-refractivity contribution is 0.361. The molecule has 2 rings (SSSR count). The zero-order chi connectivity index (χ0) is 11.2. The number of benzene rings is 1. The molecule has 0 saturated carbocycles. The predicted molar refractivity (Wildman–Crippen MR) is 70.3 cm³/mol. The third-order valence-corrected chi connectivity index (χ3v) is 3.44. The quantitative estimate of drug-likeness (QED) is 0.811. The Morgan fingerprint density at radius 2 is 2.12 bits per heavy atom. The molecule has 1 heteroatoms. The maximum atomic E-state index is 4.19. The van der Waals surface area contributed by atoms with E-state index in [4.69, 9.17) is 0 Å². The Bertz CT molecular complexity index is 323. The van der Waals surface area contributed by atoms with E-state index in [0.717, 1.165) is 12.3 Å². The first-order valence-corrected chi connectivity index (χ1v) is 6.30. The molecule has 1 heterocycles. The summed E-state index contributed by atoms with van der Waals surface area (Å²) in [6.45, 7) is 6.59. The summed E-state index contributed by atoms with van der Waals surface area (Å²) in [4.78, 5) is 0. The summed E-state index contributed by atoms with van der Waals surface area (Å²) in [5.74, 6) is 0.856. The Morgan fingerprint density at radius 3 is 2.81 bits per heavy atom. The second-order valence-electron chi connectivity index (χ2n) is 4.72. The van der Waals surface area contributed by atoms with Crippen LogP contribution in [0.3, 0.4) is 0 Å². The molecule has 1 atom stereocenters. The average molecular weight is 215 g/mol. The Hall–Kier alpha value is -1.08. The van der Waals surface area contributed by atoms with Gasteiger partial charge in [0.15, 0.2) is 0 Å². The monoisotopic (exact) mass is 215 g/mol. The van der Waals surface area contributed by atoms with E-state index in [0.29, 0.717) is 0 Å². The fraction of sp³-hybridized carbons (Fsp3) is 0.467. The standard InChI is InChI=1S/C15H21N/c1-13(15-7-3-2-4-8-15)9-10-14-6-5-11-16-12-14/h2-4,7-8,14,16H,1,5-6,9-12H2. The van der Waals surface area contributed by atoms with Crippen LogP contribution < -0.4 is 5.32 Å². The van der Waals surface area contributed by atoms with Gasteiger partial charge in [-0.1, -0.05) is 36.9 Å². The molecule has 1 aliphatic heterocycles. The average Bonchev–Trinajstić information content (AvgIpc) is 2.38. The van der Waals surface area contributed by atoms with Crippen LogP contribution in [0.2, 0.25) is 0 Å². The lowest BCUT2D eigenvalue weighted by Crippen LogP contribution is -2.29. The van der Waals surface area contributed by atoms with Crippen molar-refractivity contribution in [1.29, 1.82) is 0 Å². The second kappa shape index (κ2) is 5.86. The lowest BCUT2D eigenvalue weighted by Gasteiger charge is -2.22. The fourth-order valence-electron chi connectivity index (χ4n) is 2.37. The molecule has 0 aliphatic carbocycles. The molecular weight excluding hydrogens is 194 g/mol. The summed E-state index contributed by atoms with van der Waals surface area (Å²) in [6, 6.07) is 10.5. The Labute approximate surface area is 98.6 Å². The van der Waals surface area contributed by atoms with E-state index in [2.05, 4.69) is 42.2 Å². The third-order valence-electron chi connectivity index (χ3n) is 3.44.